The molecule has 19 heavy (non-hydrogen) atoms. The molecule has 2 N–H and O–H groups in total. The van der Waals surface area contributed by atoms with Gasteiger partial charge in [0.1, 0.15) is 0 Å². The third kappa shape index (κ3) is 3.38. The third-order valence-corrected chi connectivity index (χ3v) is 3.35. The highest BCUT2D eigenvalue weighted by Gasteiger charge is 2.22. The molecule has 1 aliphatic heterocycles. The maximum atomic E-state index is 12.4. The Morgan fingerprint density at radius 3 is 2.68 bits per heavy atom. The fraction of sp³-hybridized carbons (Fsp3) is 0.500. The van der Waals surface area contributed by atoms with E-state index in [0.717, 1.165) is 11.3 Å². The largest absolute Gasteiger partial charge is 0.398 e. The quantitative estimate of drug-likeness (QED) is 0.842. The average molecular weight is 263 g/mol. The van der Waals surface area contributed by atoms with Crippen LogP contribution in [0, 0.1) is 0 Å². The fourth-order valence-corrected chi connectivity index (χ4v) is 2.15. The standard InChI is InChI=1S/C14H21N3O2/c1-2-16(11-12-5-3-4-6-13(12)15)14(18)17-7-9-19-10-8-17/h3-6H,2,7-11,15H2,1H3. The minimum absolute atomic E-state index is 0.0639. The molecule has 5 heteroatoms. The molecule has 5 nitrogen and oxygen atoms in total. The summed E-state index contributed by atoms with van der Waals surface area (Å²) in [6, 6.07) is 7.74. The molecular formula is C14H21N3O2. The molecule has 0 saturated carbocycles. The Morgan fingerprint density at radius 2 is 2.05 bits per heavy atom. The number of nitrogen functional groups attached to an aromatic ring is 1. The van der Waals surface area contributed by atoms with Crippen molar-refractivity contribution in [2.75, 3.05) is 38.6 Å². The lowest BCUT2D eigenvalue weighted by molar-refractivity contribution is 0.0431. The first-order valence-corrected chi connectivity index (χ1v) is 6.67. The number of carbonyl (C=O) groups excluding carboxylic acids is 1. The van der Waals surface area contributed by atoms with Crippen LogP contribution in [0.25, 0.3) is 0 Å². The number of rotatable bonds is 3. The predicted octanol–water partition coefficient (Wildman–Crippen LogP) is 1.54. The molecule has 1 fully saturated rings. The van der Waals surface area contributed by atoms with Crippen molar-refractivity contribution in [1.29, 1.82) is 0 Å². The lowest BCUT2D eigenvalue weighted by atomic mass is 10.1. The Kier molecular flexibility index (Phi) is 4.63. The molecular weight excluding hydrogens is 242 g/mol. The number of carbonyl (C=O) groups is 1. The number of urea groups is 1. The van der Waals surface area contributed by atoms with Gasteiger partial charge in [-0.1, -0.05) is 18.2 Å². The number of morpholine rings is 1. The molecule has 2 amide bonds. The van der Waals surface area contributed by atoms with Crippen molar-refractivity contribution in [2.45, 2.75) is 13.5 Å². The molecule has 1 heterocycles. The van der Waals surface area contributed by atoms with Gasteiger partial charge in [-0.2, -0.15) is 0 Å². The molecule has 2 rings (SSSR count). The van der Waals surface area contributed by atoms with Crippen LogP contribution in [0.1, 0.15) is 12.5 Å². The molecule has 104 valence electrons. The van der Waals surface area contributed by atoms with E-state index in [1.54, 1.807) is 0 Å². The number of ether oxygens (including phenoxy) is 1. The van der Waals surface area contributed by atoms with Crippen LogP contribution in [0.4, 0.5) is 10.5 Å². The fourth-order valence-electron chi connectivity index (χ4n) is 2.15. The lowest BCUT2D eigenvalue weighted by Gasteiger charge is -2.32. The maximum Gasteiger partial charge on any atom is 0.320 e. The Hall–Kier alpha value is -1.75. The molecule has 1 aromatic carbocycles. The maximum absolute atomic E-state index is 12.4. The summed E-state index contributed by atoms with van der Waals surface area (Å²) < 4.78 is 5.27. The summed E-state index contributed by atoms with van der Waals surface area (Å²) in [6.45, 7) is 5.79. The average Bonchev–Trinajstić information content (AvgIpc) is 2.47. The highest BCUT2D eigenvalue weighted by atomic mass is 16.5. The molecule has 0 atom stereocenters. The summed E-state index contributed by atoms with van der Waals surface area (Å²) in [6.07, 6.45) is 0. The highest BCUT2D eigenvalue weighted by molar-refractivity contribution is 5.74. The minimum atomic E-state index is 0.0639. The number of hydrogen-bond acceptors (Lipinski definition) is 3. The van der Waals surface area contributed by atoms with E-state index in [0.29, 0.717) is 39.4 Å². The Bertz CT molecular complexity index is 430. The Labute approximate surface area is 113 Å². The zero-order valence-electron chi connectivity index (χ0n) is 11.3. The van der Waals surface area contributed by atoms with Crippen molar-refractivity contribution < 1.29 is 9.53 Å². The Balaban J connectivity index is 2.03. The van der Waals surface area contributed by atoms with Gasteiger partial charge in [0.15, 0.2) is 0 Å². The molecule has 0 bridgehead atoms. The Morgan fingerprint density at radius 1 is 1.37 bits per heavy atom. The number of para-hydroxylation sites is 1. The van der Waals surface area contributed by atoms with Gasteiger partial charge in [-0.3, -0.25) is 0 Å². The molecule has 0 spiro atoms. The molecule has 0 aliphatic carbocycles. The lowest BCUT2D eigenvalue weighted by Crippen LogP contribution is -2.47. The van der Waals surface area contributed by atoms with Crippen molar-refractivity contribution in [3.63, 3.8) is 0 Å². The number of nitrogens with two attached hydrogens (primary N) is 1. The first kappa shape index (κ1) is 13.7. The van der Waals surface area contributed by atoms with Gasteiger partial charge in [-0.25, -0.2) is 4.79 Å². The smallest absolute Gasteiger partial charge is 0.320 e. The summed E-state index contributed by atoms with van der Waals surface area (Å²) in [5.41, 5.74) is 7.65. The topological polar surface area (TPSA) is 58.8 Å². The minimum Gasteiger partial charge on any atom is -0.398 e. The monoisotopic (exact) mass is 263 g/mol. The molecule has 1 saturated heterocycles. The van der Waals surface area contributed by atoms with Crippen LogP contribution in [0.2, 0.25) is 0 Å². The summed E-state index contributed by atoms with van der Waals surface area (Å²) >= 11 is 0. The number of hydrogen-bond donors (Lipinski definition) is 1. The van der Waals surface area contributed by atoms with Crippen LogP contribution in [0.5, 0.6) is 0 Å². The van der Waals surface area contributed by atoms with Gasteiger partial charge in [0.25, 0.3) is 0 Å². The molecule has 0 aromatic heterocycles. The molecule has 1 aliphatic rings. The molecule has 1 aromatic rings. The second-order valence-electron chi connectivity index (χ2n) is 4.59. The number of nitrogens with zero attached hydrogens (tertiary/aromatic N) is 2. The number of amides is 2. The van der Waals surface area contributed by atoms with E-state index in [1.165, 1.54) is 0 Å². The summed E-state index contributed by atoms with van der Waals surface area (Å²) in [5.74, 6) is 0. The predicted molar refractivity (Wildman–Crippen MR) is 74.7 cm³/mol. The van der Waals surface area contributed by atoms with E-state index in [1.807, 2.05) is 41.0 Å². The number of benzene rings is 1. The van der Waals surface area contributed by atoms with Gasteiger partial charge in [-0.05, 0) is 18.6 Å². The first-order chi connectivity index (χ1) is 9.22. The van der Waals surface area contributed by atoms with E-state index in [2.05, 4.69) is 0 Å². The summed E-state index contributed by atoms with van der Waals surface area (Å²) in [7, 11) is 0. The van der Waals surface area contributed by atoms with Gasteiger partial charge < -0.3 is 20.3 Å². The van der Waals surface area contributed by atoms with E-state index >= 15 is 0 Å². The SMILES string of the molecule is CCN(Cc1ccccc1N)C(=O)N1CCOCC1. The van der Waals surface area contributed by atoms with Gasteiger partial charge in [0.2, 0.25) is 0 Å². The van der Waals surface area contributed by atoms with Gasteiger partial charge in [0.05, 0.1) is 13.2 Å². The molecule has 0 radical (unpaired) electrons. The highest BCUT2D eigenvalue weighted by Crippen LogP contribution is 2.15. The zero-order valence-corrected chi connectivity index (χ0v) is 11.3. The van der Waals surface area contributed by atoms with Crippen LogP contribution >= 0.6 is 0 Å². The van der Waals surface area contributed by atoms with E-state index < -0.39 is 0 Å². The summed E-state index contributed by atoms with van der Waals surface area (Å²) in [5, 5.41) is 0. The van der Waals surface area contributed by atoms with E-state index in [-0.39, 0.29) is 6.03 Å². The van der Waals surface area contributed by atoms with Gasteiger partial charge >= 0.3 is 6.03 Å². The van der Waals surface area contributed by atoms with Gasteiger partial charge in [0, 0.05) is 31.9 Å². The number of anilines is 1. The van der Waals surface area contributed by atoms with Crippen molar-refractivity contribution in [3.05, 3.63) is 29.8 Å². The van der Waals surface area contributed by atoms with Crippen LogP contribution in [-0.4, -0.2) is 48.7 Å². The second-order valence-corrected chi connectivity index (χ2v) is 4.59. The van der Waals surface area contributed by atoms with E-state index in [9.17, 15) is 4.79 Å². The second kappa shape index (κ2) is 6.43. The third-order valence-electron chi connectivity index (χ3n) is 3.35. The molecule has 0 unspecified atom stereocenters. The zero-order chi connectivity index (χ0) is 13.7. The van der Waals surface area contributed by atoms with Gasteiger partial charge in [-0.15, -0.1) is 0 Å². The van der Waals surface area contributed by atoms with Crippen molar-refractivity contribution in [1.82, 2.24) is 9.80 Å². The van der Waals surface area contributed by atoms with E-state index in [4.69, 9.17) is 10.5 Å². The van der Waals surface area contributed by atoms with Crippen LogP contribution in [0.3, 0.4) is 0 Å². The normalized spacial score (nSPS) is 15.3. The van der Waals surface area contributed by atoms with Crippen molar-refractivity contribution >= 4 is 11.7 Å². The van der Waals surface area contributed by atoms with Crippen molar-refractivity contribution in [2.24, 2.45) is 0 Å². The first-order valence-electron chi connectivity index (χ1n) is 6.67. The van der Waals surface area contributed by atoms with Crippen LogP contribution < -0.4 is 5.73 Å². The summed E-state index contributed by atoms with van der Waals surface area (Å²) in [4.78, 5) is 16.1. The van der Waals surface area contributed by atoms with Crippen LogP contribution in [0.15, 0.2) is 24.3 Å². The van der Waals surface area contributed by atoms with Crippen molar-refractivity contribution in [3.8, 4) is 0 Å². The van der Waals surface area contributed by atoms with Crippen LogP contribution in [-0.2, 0) is 11.3 Å².